The van der Waals surface area contributed by atoms with Gasteiger partial charge in [0.15, 0.2) is 0 Å². The van der Waals surface area contributed by atoms with Gasteiger partial charge in [0.1, 0.15) is 0 Å². The zero-order chi connectivity index (χ0) is 12.5. The fourth-order valence-corrected chi connectivity index (χ4v) is 2.35. The van der Waals surface area contributed by atoms with Crippen LogP contribution >= 0.6 is 0 Å². The Bertz CT molecular complexity index is 405. The third-order valence-corrected chi connectivity index (χ3v) is 3.71. The number of likely N-dealkylation sites (N-methyl/N-ethyl adjacent to an activating group) is 1. The van der Waals surface area contributed by atoms with Gasteiger partial charge in [0, 0.05) is 19.7 Å². The number of hydrogen-bond acceptors (Lipinski definition) is 6. The Kier molecular flexibility index (Phi) is 3.22. The van der Waals surface area contributed by atoms with Gasteiger partial charge in [0.2, 0.25) is 5.89 Å². The van der Waals surface area contributed by atoms with Crippen LogP contribution in [-0.2, 0) is 11.3 Å². The molecule has 1 saturated heterocycles. The van der Waals surface area contributed by atoms with E-state index in [0.29, 0.717) is 30.5 Å². The average molecular weight is 252 g/mol. The van der Waals surface area contributed by atoms with Crippen LogP contribution < -0.4 is 10.2 Å². The quantitative estimate of drug-likeness (QED) is 0.841. The summed E-state index contributed by atoms with van der Waals surface area (Å²) in [5.41, 5.74) is 0. The smallest absolute Gasteiger partial charge is 0.318 e. The number of nitrogens with one attached hydrogen (secondary N) is 1. The van der Waals surface area contributed by atoms with E-state index in [1.807, 2.05) is 11.9 Å². The summed E-state index contributed by atoms with van der Waals surface area (Å²) in [6.07, 6.45) is 3.75. The summed E-state index contributed by atoms with van der Waals surface area (Å²) in [6, 6.07) is 1.57. The first-order valence-corrected chi connectivity index (χ1v) is 6.64. The van der Waals surface area contributed by atoms with Crippen molar-refractivity contribution in [2.45, 2.75) is 50.9 Å². The summed E-state index contributed by atoms with van der Waals surface area (Å²) in [4.78, 5) is 2.03. The van der Waals surface area contributed by atoms with Gasteiger partial charge in [-0.05, 0) is 26.2 Å². The molecule has 100 valence electrons. The van der Waals surface area contributed by atoms with Gasteiger partial charge >= 0.3 is 6.01 Å². The minimum Gasteiger partial charge on any atom is -0.407 e. The van der Waals surface area contributed by atoms with Crippen molar-refractivity contribution in [3.63, 3.8) is 0 Å². The molecular formula is C12H20N4O2. The normalized spacial score (nSPS) is 27.7. The first-order chi connectivity index (χ1) is 8.74. The van der Waals surface area contributed by atoms with Crippen LogP contribution in [0.2, 0.25) is 0 Å². The van der Waals surface area contributed by atoms with Crippen molar-refractivity contribution in [3.05, 3.63) is 5.89 Å². The van der Waals surface area contributed by atoms with Crippen LogP contribution in [0.3, 0.4) is 0 Å². The molecule has 18 heavy (non-hydrogen) atoms. The van der Waals surface area contributed by atoms with Crippen molar-refractivity contribution in [2.24, 2.45) is 0 Å². The maximum Gasteiger partial charge on any atom is 0.318 e. The van der Waals surface area contributed by atoms with Gasteiger partial charge in [-0.15, -0.1) is 5.10 Å². The van der Waals surface area contributed by atoms with E-state index in [1.165, 1.54) is 12.8 Å². The lowest BCUT2D eigenvalue weighted by atomic mass is 10.1. The monoisotopic (exact) mass is 252 g/mol. The molecule has 0 amide bonds. The van der Waals surface area contributed by atoms with E-state index in [4.69, 9.17) is 9.15 Å². The highest BCUT2D eigenvalue weighted by atomic mass is 16.5. The van der Waals surface area contributed by atoms with Gasteiger partial charge in [0.25, 0.3) is 0 Å². The number of rotatable bonds is 5. The molecule has 0 bridgehead atoms. The van der Waals surface area contributed by atoms with E-state index < -0.39 is 0 Å². The minimum atomic E-state index is 0.218. The molecule has 2 fully saturated rings. The first kappa shape index (κ1) is 11.9. The summed E-state index contributed by atoms with van der Waals surface area (Å²) in [5.74, 6) is 0.662. The lowest BCUT2D eigenvalue weighted by molar-refractivity contribution is 0.117. The summed E-state index contributed by atoms with van der Waals surface area (Å²) >= 11 is 0. The van der Waals surface area contributed by atoms with E-state index in [9.17, 15) is 0 Å². The van der Waals surface area contributed by atoms with Gasteiger partial charge in [-0.2, -0.15) is 0 Å². The fourth-order valence-electron chi connectivity index (χ4n) is 2.35. The zero-order valence-corrected chi connectivity index (χ0v) is 10.9. The van der Waals surface area contributed by atoms with Crippen molar-refractivity contribution in [2.75, 3.05) is 18.6 Å². The molecule has 1 N–H and O–H groups in total. The maximum atomic E-state index is 5.67. The summed E-state index contributed by atoms with van der Waals surface area (Å²) in [7, 11) is 1.99. The standard InChI is InChI=1S/C12H20N4O2/c1-8-10(5-6-17-8)16(2)12-15-14-11(18-12)7-13-9-3-4-9/h8-10,13H,3-7H2,1-2H3. The van der Waals surface area contributed by atoms with Crippen molar-refractivity contribution >= 4 is 6.01 Å². The number of aromatic nitrogens is 2. The number of hydrogen-bond donors (Lipinski definition) is 1. The Hall–Kier alpha value is -1.14. The molecule has 2 aliphatic rings. The molecule has 1 aliphatic carbocycles. The highest BCUT2D eigenvalue weighted by Crippen LogP contribution is 2.23. The van der Waals surface area contributed by atoms with Gasteiger partial charge in [0.05, 0.1) is 18.7 Å². The van der Waals surface area contributed by atoms with E-state index >= 15 is 0 Å². The molecule has 1 aromatic rings. The molecule has 0 spiro atoms. The van der Waals surface area contributed by atoms with Gasteiger partial charge in [-0.1, -0.05) is 5.10 Å². The molecule has 2 heterocycles. The largest absolute Gasteiger partial charge is 0.407 e. The Labute approximate surface area is 107 Å². The highest BCUT2D eigenvalue weighted by molar-refractivity contribution is 5.26. The molecule has 6 heteroatoms. The van der Waals surface area contributed by atoms with E-state index in [0.717, 1.165) is 13.0 Å². The lowest BCUT2D eigenvalue weighted by Gasteiger charge is -2.24. The molecule has 0 radical (unpaired) electrons. The van der Waals surface area contributed by atoms with Crippen LogP contribution in [0.1, 0.15) is 32.1 Å². The molecule has 1 saturated carbocycles. The lowest BCUT2D eigenvalue weighted by Crippen LogP contribution is -2.36. The van der Waals surface area contributed by atoms with Crippen molar-refractivity contribution in [1.82, 2.24) is 15.5 Å². The van der Waals surface area contributed by atoms with Crippen molar-refractivity contribution in [3.8, 4) is 0 Å². The fraction of sp³-hybridized carbons (Fsp3) is 0.833. The van der Waals surface area contributed by atoms with Crippen LogP contribution in [0.5, 0.6) is 0 Å². The number of ether oxygens (including phenoxy) is 1. The Morgan fingerprint density at radius 3 is 2.83 bits per heavy atom. The Morgan fingerprint density at radius 2 is 2.17 bits per heavy atom. The second kappa shape index (κ2) is 4.85. The van der Waals surface area contributed by atoms with Crippen molar-refractivity contribution in [1.29, 1.82) is 0 Å². The predicted octanol–water partition coefficient (Wildman–Crippen LogP) is 0.935. The topological polar surface area (TPSA) is 63.4 Å². The molecule has 3 rings (SSSR count). The van der Waals surface area contributed by atoms with Crippen LogP contribution in [-0.4, -0.2) is 42.0 Å². The maximum absolute atomic E-state index is 5.67. The molecular weight excluding hydrogens is 232 g/mol. The second-order valence-electron chi connectivity index (χ2n) is 5.18. The van der Waals surface area contributed by atoms with E-state index in [-0.39, 0.29) is 6.10 Å². The molecule has 1 aromatic heterocycles. The van der Waals surface area contributed by atoms with Gasteiger partial charge in [-0.25, -0.2) is 0 Å². The van der Waals surface area contributed by atoms with Gasteiger partial charge in [-0.3, -0.25) is 0 Å². The summed E-state index contributed by atoms with van der Waals surface area (Å²) in [6.45, 7) is 3.56. The van der Waals surface area contributed by atoms with Crippen LogP contribution in [0.15, 0.2) is 4.42 Å². The third kappa shape index (κ3) is 2.49. The molecule has 1 aliphatic heterocycles. The zero-order valence-electron chi connectivity index (χ0n) is 10.9. The average Bonchev–Trinajstić information content (AvgIpc) is 2.90. The van der Waals surface area contributed by atoms with Crippen LogP contribution in [0.25, 0.3) is 0 Å². The third-order valence-electron chi connectivity index (χ3n) is 3.71. The predicted molar refractivity (Wildman–Crippen MR) is 66.4 cm³/mol. The SMILES string of the molecule is CC1OCCC1N(C)c1nnc(CNC2CC2)o1. The van der Waals surface area contributed by atoms with Crippen molar-refractivity contribution < 1.29 is 9.15 Å². The Balaban J connectivity index is 1.60. The van der Waals surface area contributed by atoms with E-state index in [2.05, 4.69) is 22.4 Å². The number of anilines is 1. The Morgan fingerprint density at radius 1 is 1.33 bits per heavy atom. The van der Waals surface area contributed by atoms with Crippen LogP contribution in [0, 0.1) is 0 Å². The molecule has 6 nitrogen and oxygen atoms in total. The number of nitrogens with zero attached hydrogens (tertiary/aromatic N) is 3. The molecule has 0 aromatic carbocycles. The molecule has 2 atom stereocenters. The highest BCUT2D eigenvalue weighted by Gasteiger charge is 2.30. The summed E-state index contributed by atoms with van der Waals surface area (Å²) in [5, 5.41) is 11.5. The van der Waals surface area contributed by atoms with Gasteiger partial charge < -0.3 is 19.4 Å². The minimum absolute atomic E-state index is 0.218. The van der Waals surface area contributed by atoms with E-state index in [1.54, 1.807) is 0 Å². The second-order valence-corrected chi connectivity index (χ2v) is 5.18. The van der Waals surface area contributed by atoms with Crippen LogP contribution in [0.4, 0.5) is 6.01 Å². The molecule has 2 unspecified atom stereocenters. The summed E-state index contributed by atoms with van der Waals surface area (Å²) < 4.78 is 11.2. The first-order valence-electron chi connectivity index (χ1n) is 6.64.